The molecule has 0 aliphatic carbocycles. The molecule has 2 heterocycles. The summed E-state index contributed by atoms with van der Waals surface area (Å²) in [5, 5.41) is 3.46. The van der Waals surface area contributed by atoms with E-state index in [4.69, 9.17) is 0 Å². The smallest absolute Gasteiger partial charge is 0.128 e. The molecule has 0 unspecified atom stereocenters. The van der Waals surface area contributed by atoms with E-state index in [9.17, 15) is 0 Å². The molecule has 4 nitrogen and oxygen atoms in total. The lowest BCUT2D eigenvalue weighted by Crippen LogP contribution is -2.18. The molecule has 2 aromatic heterocycles. The first-order valence-corrected chi connectivity index (χ1v) is 7.04. The van der Waals surface area contributed by atoms with Gasteiger partial charge in [-0.3, -0.25) is 0 Å². The van der Waals surface area contributed by atoms with Crippen LogP contribution < -0.4 is 5.32 Å². The van der Waals surface area contributed by atoms with Gasteiger partial charge in [0.2, 0.25) is 0 Å². The Hall–Kier alpha value is -1.55. The first-order valence-electron chi connectivity index (χ1n) is 7.04. The molecule has 0 atom stereocenters. The van der Waals surface area contributed by atoms with Crippen LogP contribution in [0.3, 0.4) is 0 Å². The zero-order valence-electron chi connectivity index (χ0n) is 12.1. The van der Waals surface area contributed by atoms with Gasteiger partial charge in [0.1, 0.15) is 5.82 Å². The van der Waals surface area contributed by atoms with Crippen molar-refractivity contribution >= 4 is 0 Å². The minimum absolute atomic E-state index is 0.694. The van der Waals surface area contributed by atoms with E-state index < -0.39 is 0 Å². The van der Waals surface area contributed by atoms with Crippen LogP contribution in [0.2, 0.25) is 0 Å². The summed E-state index contributed by atoms with van der Waals surface area (Å²) >= 11 is 0. The minimum atomic E-state index is 0.694. The SMILES string of the molecule is CCn1ccnc1Cn1ccc(CNCC(C)C)c1. The quantitative estimate of drug-likeness (QED) is 0.830. The molecule has 0 amide bonds. The second-order valence-corrected chi connectivity index (χ2v) is 5.35. The van der Waals surface area contributed by atoms with Crippen LogP contribution in [0, 0.1) is 5.92 Å². The van der Waals surface area contributed by atoms with Crippen LogP contribution in [0.25, 0.3) is 0 Å². The van der Waals surface area contributed by atoms with E-state index in [0.29, 0.717) is 5.92 Å². The number of rotatable bonds is 7. The molecule has 104 valence electrons. The third-order valence-electron chi connectivity index (χ3n) is 3.16. The molecule has 0 spiro atoms. The lowest BCUT2D eigenvalue weighted by Gasteiger charge is -2.06. The fraction of sp³-hybridized carbons (Fsp3) is 0.533. The van der Waals surface area contributed by atoms with Gasteiger partial charge < -0.3 is 14.5 Å². The zero-order chi connectivity index (χ0) is 13.7. The summed E-state index contributed by atoms with van der Waals surface area (Å²) < 4.78 is 4.37. The Morgan fingerprint density at radius 1 is 1.32 bits per heavy atom. The molecule has 0 radical (unpaired) electrons. The third-order valence-corrected chi connectivity index (χ3v) is 3.16. The van der Waals surface area contributed by atoms with Crippen LogP contribution in [0.1, 0.15) is 32.2 Å². The number of hydrogen-bond acceptors (Lipinski definition) is 2. The van der Waals surface area contributed by atoms with Gasteiger partial charge in [0.15, 0.2) is 0 Å². The predicted molar refractivity (Wildman–Crippen MR) is 78.0 cm³/mol. The number of imidazole rings is 1. The standard InChI is InChI=1S/C15H24N4/c1-4-19-8-6-17-15(19)12-18-7-5-14(11-18)10-16-9-13(2)3/h5-8,11,13,16H,4,9-10,12H2,1-3H3. The molecule has 0 saturated heterocycles. The van der Waals surface area contributed by atoms with Gasteiger partial charge in [0, 0.05) is 37.9 Å². The first kappa shape index (κ1) is 13.9. The Bertz CT molecular complexity index is 496. The van der Waals surface area contributed by atoms with Crippen molar-refractivity contribution < 1.29 is 0 Å². The Morgan fingerprint density at radius 2 is 2.16 bits per heavy atom. The molecule has 2 aromatic rings. The van der Waals surface area contributed by atoms with Gasteiger partial charge in [0.05, 0.1) is 6.54 Å². The zero-order valence-corrected chi connectivity index (χ0v) is 12.1. The normalized spacial score (nSPS) is 11.4. The number of nitrogens with zero attached hydrogens (tertiary/aromatic N) is 3. The van der Waals surface area contributed by atoms with Crippen molar-refractivity contribution in [2.45, 2.75) is 40.4 Å². The van der Waals surface area contributed by atoms with Crippen LogP contribution in [-0.4, -0.2) is 20.7 Å². The fourth-order valence-electron chi connectivity index (χ4n) is 2.14. The highest BCUT2D eigenvalue weighted by atomic mass is 15.1. The van der Waals surface area contributed by atoms with Crippen LogP contribution in [-0.2, 0) is 19.6 Å². The van der Waals surface area contributed by atoms with E-state index in [2.05, 4.69) is 58.7 Å². The maximum atomic E-state index is 4.40. The number of aromatic nitrogens is 3. The monoisotopic (exact) mass is 260 g/mol. The second kappa shape index (κ2) is 6.57. The Balaban J connectivity index is 1.90. The van der Waals surface area contributed by atoms with Gasteiger partial charge >= 0.3 is 0 Å². The molecule has 0 fully saturated rings. The van der Waals surface area contributed by atoms with Crippen molar-refractivity contribution in [1.29, 1.82) is 0 Å². The molecular formula is C15H24N4. The van der Waals surface area contributed by atoms with E-state index in [1.807, 2.05) is 12.4 Å². The molecule has 0 aliphatic heterocycles. The summed E-state index contributed by atoms with van der Waals surface area (Å²) in [4.78, 5) is 4.40. The van der Waals surface area contributed by atoms with Crippen LogP contribution >= 0.6 is 0 Å². The van der Waals surface area contributed by atoms with Gasteiger partial charge in [-0.25, -0.2) is 4.98 Å². The van der Waals surface area contributed by atoms with Crippen molar-refractivity contribution in [3.8, 4) is 0 Å². The van der Waals surface area contributed by atoms with E-state index >= 15 is 0 Å². The van der Waals surface area contributed by atoms with Crippen molar-refractivity contribution in [3.05, 3.63) is 42.2 Å². The maximum absolute atomic E-state index is 4.40. The second-order valence-electron chi connectivity index (χ2n) is 5.35. The molecule has 19 heavy (non-hydrogen) atoms. The molecule has 2 rings (SSSR count). The van der Waals surface area contributed by atoms with E-state index in [-0.39, 0.29) is 0 Å². The Labute approximate surface area is 115 Å². The van der Waals surface area contributed by atoms with Crippen molar-refractivity contribution in [1.82, 2.24) is 19.4 Å². The van der Waals surface area contributed by atoms with Crippen molar-refractivity contribution in [2.24, 2.45) is 5.92 Å². The number of nitrogens with one attached hydrogen (secondary N) is 1. The molecule has 4 heteroatoms. The summed E-state index contributed by atoms with van der Waals surface area (Å²) in [5.41, 5.74) is 1.33. The van der Waals surface area contributed by atoms with Crippen LogP contribution in [0.5, 0.6) is 0 Å². The fourth-order valence-corrected chi connectivity index (χ4v) is 2.14. The summed E-state index contributed by atoms with van der Waals surface area (Å²) in [7, 11) is 0. The highest BCUT2D eigenvalue weighted by Crippen LogP contribution is 2.06. The van der Waals surface area contributed by atoms with Crippen molar-refractivity contribution in [3.63, 3.8) is 0 Å². The Kier molecular flexibility index (Phi) is 4.80. The average Bonchev–Trinajstić information content (AvgIpc) is 2.98. The number of hydrogen-bond donors (Lipinski definition) is 1. The lowest BCUT2D eigenvalue weighted by molar-refractivity contribution is 0.552. The van der Waals surface area contributed by atoms with E-state index in [0.717, 1.165) is 32.0 Å². The van der Waals surface area contributed by atoms with Crippen molar-refractivity contribution in [2.75, 3.05) is 6.54 Å². The minimum Gasteiger partial charge on any atom is -0.346 e. The predicted octanol–water partition coefficient (Wildman–Crippen LogP) is 2.50. The highest BCUT2D eigenvalue weighted by Gasteiger charge is 2.03. The largest absolute Gasteiger partial charge is 0.346 e. The highest BCUT2D eigenvalue weighted by molar-refractivity contribution is 5.11. The lowest BCUT2D eigenvalue weighted by atomic mass is 10.2. The van der Waals surface area contributed by atoms with Gasteiger partial charge in [0.25, 0.3) is 0 Å². The van der Waals surface area contributed by atoms with Crippen LogP contribution in [0.15, 0.2) is 30.9 Å². The van der Waals surface area contributed by atoms with E-state index in [1.54, 1.807) is 0 Å². The topological polar surface area (TPSA) is 34.8 Å². The van der Waals surface area contributed by atoms with Crippen LogP contribution in [0.4, 0.5) is 0 Å². The summed E-state index contributed by atoms with van der Waals surface area (Å²) in [6, 6.07) is 2.17. The molecule has 0 aromatic carbocycles. The summed E-state index contributed by atoms with van der Waals surface area (Å²) in [5.74, 6) is 1.80. The molecule has 0 aliphatic rings. The van der Waals surface area contributed by atoms with Gasteiger partial charge in [-0.1, -0.05) is 13.8 Å². The van der Waals surface area contributed by atoms with Gasteiger partial charge in [-0.15, -0.1) is 0 Å². The number of aryl methyl sites for hydroxylation is 1. The average molecular weight is 260 g/mol. The van der Waals surface area contributed by atoms with Gasteiger partial charge in [-0.05, 0) is 31.0 Å². The first-order chi connectivity index (χ1) is 9.19. The summed E-state index contributed by atoms with van der Waals surface area (Å²) in [6.45, 7) is 10.4. The Morgan fingerprint density at radius 3 is 2.89 bits per heavy atom. The molecule has 0 bridgehead atoms. The van der Waals surface area contributed by atoms with Gasteiger partial charge in [-0.2, -0.15) is 0 Å². The summed E-state index contributed by atoms with van der Waals surface area (Å²) in [6.07, 6.45) is 8.22. The molecule has 0 saturated carbocycles. The molecular weight excluding hydrogens is 236 g/mol. The maximum Gasteiger partial charge on any atom is 0.128 e. The molecule has 1 N–H and O–H groups in total. The third kappa shape index (κ3) is 3.96. The van der Waals surface area contributed by atoms with E-state index in [1.165, 1.54) is 5.56 Å².